The summed E-state index contributed by atoms with van der Waals surface area (Å²) < 4.78 is 0. The third-order valence-corrected chi connectivity index (χ3v) is 5.64. The fraction of sp³-hybridized carbons (Fsp3) is 0.0769. The number of hydrogen-bond acceptors (Lipinski definition) is 4. The van der Waals surface area contributed by atoms with Gasteiger partial charge in [-0.3, -0.25) is 9.78 Å². The molecule has 0 bridgehead atoms. The van der Waals surface area contributed by atoms with Crippen molar-refractivity contribution in [2.45, 2.75) is 13.8 Å². The van der Waals surface area contributed by atoms with E-state index in [1.807, 2.05) is 44.2 Å². The Bertz CT molecular complexity index is 1380. The molecule has 3 N–H and O–H groups in total. The van der Waals surface area contributed by atoms with Gasteiger partial charge in [0.15, 0.2) is 11.5 Å². The SMILES string of the molecule is Cc1cc2ncc(NC(=O)C=Cc3ccc(O)c(O)c3)c(-c3ccccc3Cl)c2cc1C. The van der Waals surface area contributed by atoms with Crippen LogP contribution in [0.5, 0.6) is 11.5 Å². The van der Waals surface area contributed by atoms with E-state index in [-0.39, 0.29) is 17.4 Å². The Kier molecular flexibility index (Phi) is 5.84. The third-order valence-electron chi connectivity index (χ3n) is 5.31. The molecule has 5 nitrogen and oxygen atoms in total. The first-order valence-electron chi connectivity index (χ1n) is 9.99. The highest BCUT2D eigenvalue weighted by Crippen LogP contribution is 2.39. The van der Waals surface area contributed by atoms with Crippen molar-refractivity contribution in [3.8, 4) is 22.6 Å². The minimum absolute atomic E-state index is 0.219. The lowest BCUT2D eigenvalue weighted by molar-refractivity contribution is -0.111. The number of carbonyl (C=O) groups is 1. The van der Waals surface area contributed by atoms with E-state index in [0.29, 0.717) is 16.3 Å². The first kappa shape index (κ1) is 21.4. The van der Waals surface area contributed by atoms with Gasteiger partial charge in [0.05, 0.1) is 17.4 Å². The lowest BCUT2D eigenvalue weighted by Gasteiger charge is -2.15. The second-order valence-electron chi connectivity index (χ2n) is 7.55. The van der Waals surface area contributed by atoms with E-state index >= 15 is 0 Å². The lowest BCUT2D eigenvalue weighted by atomic mass is 9.96. The highest BCUT2D eigenvalue weighted by Gasteiger charge is 2.16. The van der Waals surface area contributed by atoms with Crippen molar-refractivity contribution >= 4 is 40.2 Å². The first-order chi connectivity index (χ1) is 15.3. The minimum atomic E-state index is -0.365. The molecule has 4 aromatic rings. The van der Waals surface area contributed by atoms with Crippen molar-refractivity contribution < 1.29 is 15.0 Å². The summed E-state index contributed by atoms with van der Waals surface area (Å²) in [6.07, 6.45) is 4.53. The predicted octanol–water partition coefficient (Wildman–Crippen LogP) is 6.24. The average Bonchev–Trinajstić information content (AvgIpc) is 2.76. The molecule has 0 unspecified atom stereocenters. The number of halogens is 1. The third kappa shape index (κ3) is 4.29. The van der Waals surface area contributed by atoms with Gasteiger partial charge in [-0.15, -0.1) is 0 Å². The van der Waals surface area contributed by atoms with Gasteiger partial charge in [0.1, 0.15) is 0 Å². The number of hydrogen-bond donors (Lipinski definition) is 3. The van der Waals surface area contributed by atoms with Gasteiger partial charge in [0, 0.05) is 27.6 Å². The van der Waals surface area contributed by atoms with Crippen LogP contribution < -0.4 is 5.32 Å². The van der Waals surface area contributed by atoms with Gasteiger partial charge >= 0.3 is 0 Å². The largest absolute Gasteiger partial charge is 0.504 e. The summed E-state index contributed by atoms with van der Waals surface area (Å²) in [6, 6.07) is 15.9. The summed E-state index contributed by atoms with van der Waals surface area (Å²) in [7, 11) is 0. The number of benzene rings is 3. The van der Waals surface area contributed by atoms with Gasteiger partial charge in [-0.2, -0.15) is 0 Å². The fourth-order valence-corrected chi connectivity index (χ4v) is 3.72. The number of aryl methyl sites for hydroxylation is 2. The van der Waals surface area contributed by atoms with Crippen LogP contribution in [0.3, 0.4) is 0 Å². The average molecular weight is 445 g/mol. The van der Waals surface area contributed by atoms with Crippen LogP contribution in [0.25, 0.3) is 28.1 Å². The molecule has 32 heavy (non-hydrogen) atoms. The number of rotatable bonds is 4. The molecular weight excluding hydrogens is 424 g/mol. The topological polar surface area (TPSA) is 82.5 Å². The number of carbonyl (C=O) groups excluding carboxylic acids is 1. The van der Waals surface area contributed by atoms with Crippen LogP contribution in [0, 0.1) is 13.8 Å². The molecule has 0 aliphatic carbocycles. The molecule has 1 heterocycles. The summed E-state index contributed by atoms with van der Waals surface area (Å²) in [6.45, 7) is 4.07. The van der Waals surface area contributed by atoms with E-state index in [9.17, 15) is 15.0 Å². The van der Waals surface area contributed by atoms with E-state index in [2.05, 4.69) is 16.4 Å². The molecule has 0 aliphatic heterocycles. The number of anilines is 1. The van der Waals surface area contributed by atoms with Crippen LogP contribution in [-0.2, 0) is 4.79 Å². The van der Waals surface area contributed by atoms with Crippen molar-refractivity contribution in [3.05, 3.63) is 88.6 Å². The standard InChI is InChI=1S/C26H21ClN2O3/c1-15-11-19-21(12-16(15)2)28-14-22(26(19)18-5-3-4-6-20(18)27)29-25(32)10-8-17-7-9-23(30)24(31)13-17/h3-14,30-31H,1-2H3,(H,29,32). The highest BCUT2D eigenvalue weighted by atomic mass is 35.5. The van der Waals surface area contributed by atoms with Crippen LogP contribution in [0.2, 0.25) is 5.02 Å². The summed E-state index contributed by atoms with van der Waals surface area (Å²) in [4.78, 5) is 17.2. The van der Waals surface area contributed by atoms with Crippen LogP contribution >= 0.6 is 11.6 Å². The van der Waals surface area contributed by atoms with E-state index < -0.39 is 0 Å². The molecule has 3 aromatic carbocycles. The van der Waals surface area contributed by atoms with Crippen molar-refractivity contribution in [1.82, 2.24) is 4.98 Å². The van der Waals surface area contributed by atoms with Crippen molar-refractivity contribution in [1.29, 1.82) is 0 Å². The van der Waals surface area contributed by atoms with Gasteiger partial charge in [-0.25, -0.2) is 0 Å². The first-order valence-corrected chi connectivity index (χ1v) is 10.4. The molecule has 0 spiro atoms. The summed E-state index contributed by atoms with van der Waals surface area (Å²) in [5, 5.41) is 23.4. The molecule has 1 aromatic heterocycles. The molecule has 0 saturated carbocycles. The van der Waals surface area contributed by atoms with Crippen LogP contribution in [-0.4, -0.2) is 21.1 Å². The van der Waals surface area contributed by atoms with Crippen molar-refractivity contribution in [3.63, 3.8) is 0 Å². The van der Waals surface area contributed by atoms with Crippen molar-refractivity contribution in [2.75, 3.05) is 5.32 Å². The van der Waals surface area contributed by atoms with Crippen LogP contribution in [0.15, 0.2) is 66.9 Å². The quantitative estimate of drug-likeness (QED) is 0.257. The number of nitrogens with zero attached hydrogens (tertiary/aromatic N) is 1. The second-order valence-corrected chi connectivity index (χ2v) is 7.96. The normalized spacial score (nSPS) is 11.2. The molecule has 1 amide bonds. The van der Waals surface area contributed by atoms with Gasteiger partial charge in [-0.05, 0) is 66.9 Å². The lowest BCUT2D eigenvalue weighted by Crippen LogP contribution is -2.09. The Balaban J connectivity index is 1.76. The predicted molar refractivity (Wildman–Crippen MR) is 129 cm³/mol. The maximum atomic E-state index is 12.7. The molecule has 0 radical (unpaired) electrons. The number of amides is 1. The van der Waals surface area contributed by atoms with E-state index in [4.69, 9.17) is 11.6 Å². The Morgan fingerprint density at radius 1 is 1.00 bits per heavy atom. The zero-order chi connectivity index (χ0) is 22.8. The van der Waals surface area contributed by atoms with Crippen LogP contribution in [0.1, 0.15) is 16.7 Å². The Morgan fingerprint density at radius 2 is 1.75 bits per heavy atom. The minimum Gasteiger partial charge on any atom is -0.504 e. The van der Waals surface area contributed by atoms with Gasteiger partial charge in [0.25, 0.3) is 0 Å². The number of fused-ring (bicyclic) bond motifs is 1. The molecule has 6 heteroatoms. The maximum absolute atomic E-state index is 12.7. The summed E-state index contributed by atoms with van der Waals surface area (Å²) >= 11 is 6.52. The Hall–Kier alpha value is -3.83. The van der Waals surface area contributed by atoms with Gasteiger partial charge < -0.3 is 15.5 Å². The molecule has 160 valence electrons. The molecule has 0 saturated heterocycles. The monoisotopic (exact) mass is 444 g/mol. The number of phenols is 2. The molecule has 0 fully saturated rings. The number of pyridine rings is 1. The second kappa shape index (κ2) is 8.73. The fourth-order valence-electron chi connectivity index (χ4n) is 3.49. The zero-order valence-corrected chi connectivity index (χ0v) is 18.3. The number of aromatic hydroxyl groups is 2. The van der Waals surface area contributed by atoms with Gasteiger partial charge in [0.2, 0.25) is 5.91 Å². The van der Waals surface area contributed by atoms with Crippen molar-refractivity contribution in [2.24, 2.45) is 0 Å². The van der Waals surface area contributed by atoms with Gasteiger partial charge in [-0.1, -0.05) is 35.9 Å². The number of aromatic nitrogens is 1. The van der Waals surface area contributed by atoms with E-state index in [1.54, 1.807) is 18.3 Å². The van der Waals surface area contributed by atoms with E-state index in [1.165, 1.54) is 18.2 Å². The maximum Gasteiger partial charge on any atom is 0.248 e. The Morgan fingerprint density at radius 3 is 2.50 bits per heavy atom. The smallest absolute Gasteiger partial charge is 0.248 e. The molecule has 0 aliphatic rings. The molecule has 4 rings (SSSR count). The summed E-state index contributed by atoms with van der Waals surface area (Å²) in [5.74, 6) is -0.836. The molecule has 0 atom stereocenters. The number of nitrogens with one attached hydrogen (secondary N) is 1. The van der Waals surface area contributed by atoms with E-state index in [0.717, 1.165) is 33.2 Å². The Labute approximate surface area is 190 Å². The zero-order valence-electron chi connectivity index (χ0n) is 17.6. The molecular formula is C26H21ClN2O3. The highest BCUT2D eigenvalue weighted by molar-refractivity contribution is 6.34. The number of phenolic OH excluding ortho intramolecular Hbond substituents is 2. The van der Waals surface area contributed by atoms with Crippen LogP contribution in [0.4, 0.5) is 5.69 Å². The summed E-state index contributed by atoms with van der Waals surface area (Å²) in [5.41, 5.74) is 5.77.